The van der Waals surface area contributed by atoms with E-state index in [2.05, 4.69) is 6.07 Å². The van der Waals surface area contributed by atoms with Gasteiger partial charge in [0.25, 0.3) is 5.69 Å². The van der Waals surface area contributed by atoms with Gasteiger partial charge in [0.2, 0.25) is 0 Å². The highest BCUT2D eigenvalue weighted by atomic mass is 35.5. The van der Waals surface area contributed by atoms with Crippen LogP contribution in [0.1, 0.15) is 24.4 Å². The molecule has 0 aliphatic carbocycles. The molecule has 0 aromatic heterocycles. The zero-order valence-corrected chi connectivity index (χ0v) is 10.4. The van der Waals surface area contributed by atoms with Gasteiger partial charge >= 0.3 is 0 Å². The van der Waals surface area contributed by atoms with Crippen LogP contribution in [-0.4, -0.2) is 22.9 Å². The third-order valence-corrected chi connectivity index (χ3v) is 3.43. The summed E-state index contributed by atoms with van der Waals surface area (Å²) in [4.78, 5) is 12.3. The zero-order chi connectivity index (χ0) is 13.1. The molecule has 6 heteroatoms. The molecular formula is C12H12ClN3O2. The molecule has 1 aromatic carbocycles. The van der Waals surface area contributed by atoms with E-state index in [1.165, 1.54) is 12.1 Å². The number of nitro benzene ring substituents is 1. The number of nitro groups is 1. The van der Waals surface area contributed by atoms with Crippen molar-refractivity contribution in [3.63, 3.8) is 0 Å². The van der Waals surface area contributed by atoms with Crippen LogP contribution in [0.2, 0.25) is 5.02 Å². The van der Waals surface area contributed by atoms with Crippen LogP contribution in [0.4, 0.5) is 5.69 Å². The highest BCUT2D eigenvalue weighted by molar-refractivity contribution is 6.32. The molecule has 1 heterocycles. The number of halogens is 1. The van der Waals surface area contributed by atoms with Crippen molar-refractivity contribution < 1.29 is 4.92 Å². The standard InChI is InChI=1S/C12H12ClN3O2/c13-10-4-3-9(7-11(10)16(17)18)12(8-14)15-5-1-2-6-15/h3-4,7,12H,1-2,5-6H2. The number of hydrogen-bond acceptors (Lipinski definition) is 4. The lowest BCUT2D eigenvalue weighted by molar-refractivity contribution is -0.384. The highest BCUT2D eigenvalue weighted by Gasteiger charge is 2.25. The van der Waals surface area contributed by atoms with Gasteiger partial charge in [-0.3, -0.25) is 15.0 Å². The fourth-order valence-electron chi connectivity index (χ4n) is 2.21. The number of rotatable bonds is 3. The number of likely N-dealkylation sites (tertiary alicyclic amines) is 1. The van der Waals surface area contributed by atoms with Gasteiger partial charge in [0, 0.05) is 6.07 Å². The van der Waals surface area contributed by atoms with Gasteiger partial charge < -0.3 is 0 Å². The Labute approximate surface area is 110 Å². The molecule has 0 bridgehead atoms. The SMILES string of the molecule is N#CC(c1ccc(Cl)c([N+](=O)[O-])c1)N1CCCC1. The largest absolute Gasteiger partial charge is 0.288 e. The predicted octanol–water partition coefficient (Wildman–Crippen LogP) is 2.91. The van der Waals surface area contributed by atoms with E-state index in [1.807, 2.05) is 4.90 Å². The Bertz CT molecular complexity index is 507. The average molecular weight is 266 g/mol. The van der Waals surface area contributed by atoms with Crippen molar-refractivity contribution in [3.8, 4) is 6.07 Å². The molecular weight excluding hydrogens is 254 g/mol. The second-order valence-corrected chi connectivity index (χ2v) is 4.65. The summed E-state index contributed by atoms with van der Waals surface area (Å²) < 4.78 is 0. The maximum Gasteiger partial charge on any atom is 0.288 e. The Morgan fingerprint density at radius 1 is 1.44 bits per heavy atom. The van der Waals surface area contributed by atoms with Crippen molar-refractivity contribution in [2.45, 2.75) is 18.9 Å². The van der Waals surface area contributed by atoms with E-state index in [1.54, 1.807) is 6.07 Å². The molecule has 1 unspecified atom stereocenters. The average Bonchev–Trinajstić information content (AvgIpc) is 2.85. The number of hydrogen-bond donors (Lipinski definition) is 0. The van der Waals surface area contributed by atoms with Gasteiger partial charge in [-0.15, -0.1) is 0 Å². The van der Waals surface area contributed by atoms with Crippen LogP contribution >= 0.6 is 11.6 Å². The molecule has 1 aliphatic heterocycles. The third-order valence-electron chi connectivity index (χ3n) is 3.11. The molecule has 0 amide bonds. The van der Waals surface area contributed by atoms with Crippen molar-refractivity contribution in [2.24, 2.45) is 0 Å². The van der Waals surface area contributed by atoms with E-state index in [0.717, 1.165) is 25.9 Å². The Hall–Kier alpha value is -1.64. The smallest absolute Gasteiger partial charge is 0.284 e. The second-order valence-electron chi connectivity index (χ2n) is 4.24. The summed E-state index contributed by atoms with van der Waals surface area (Å²) in [5.41, 5.74) is 0.490. The van der Waals surface area contributed by atoms with Gasteiger partial charge in [0.1, 0.15) is 11.1 Å². The van der Waals surface area contributed by atoms with E-state index < -0.39 is 11.0 Å². The summed E-state index contributed by atoms with van der Waals surface area (Å²) in [7, 11) is 0. The second kappa shape index (κ2) is 5.34. The first-order chi connectivity index (χ1) is 8.63. The van der Waals surface area contributed by atoms with Crippen LogP contribution in [0.15, 0.2) is 18.2 Å². The molecule has 0 spiro atoms. The molecule has 0 radical (unpaired) electrons. The fraction of sp³-hybridized carbons (Fsp3) is 0.417. The van der Waals surface area contributed by atoms with Gasteiger partial charge in [-0.25, -0.2) is 0 Å². The fourth-order valence-corrected chi connectivity index (χ4v) is 2.39. The van der Waals surface area contributed by atoms with E-state index in [0.29, 0.717) is 5.56 Å². The van der Waals surface area contributed by atoms with E-state index in [4.69, 9.17) is 11.6 Å². The summed E-state index contributed by atoms with van der Waals surface area (Å²) in [6, 6.07) is 6.34. The summed E-state index contributed by atoms with van der Waals surface area (Å²) in [6.07, 6.45) is 2.13. The minimum Gasteiger partial charge on any atom is -0.284 e. The quantitative estimate of drug-likeness (QED) is 0.622. The van der Waals surface area contributed by atoms with Crippen LogP contribution < -0.4 is 0 Å². The predicted molar refractivity (Wildman–Crippen MR) is 67.3 cm³/mol. The van der Waals surface area contributed by atoms with Crippen molar-refractivity contribution in [1.82, 2.24) is 4.90 Å². The molecule has 5 nitrogen and oxygen atoms in total. The Kier molecular flexibility index (Phi) is 3.80. The first-order valence-corrected chi connectivity index (χ1v) is 6.09. The van der Waals surface area contributed by atoms with Gasteiger partial charge in [-0.1, -0.05) is 17.7 Å². The molecule has 94 valence electrons. The molecule has 18 heavy (non-hydrogen) atoms. The zero-order valence-electron chi connectivity index (χ0n) is 9.67. The first kappa shape index (κ1) is 12.8. The third kappa shape index (κ3) is 2.45. The number of nitrogens with zero attached hydrogens (tertiary/aromatic N) is 3. The molecule has 1 saturated heterocycles. The lowest BCUT2D eigenvalue weighted by atomic mass is 10.1. The molecule has 1 atom stereocenters. The maximum absolute atomic E-state index is 10.8. The summed E-state index contributed by atoms with van der Waals surface area (Å²) >= 11 is 5.76. The monoisotopic (exact) mass is 265 g/mol. The molecule has 0 saturated carbocycles. The molecule has 1 aromatic rings. The summed E-state index contributed by atoms with van der Waals surface area (Å²) in [5, 5.41) is 20.2. The van der Waals surface area contributed by atoms with Crippen molar-refractivity contribution in [1.29, 1.82) is 5.26 Å². The maximum atomic E-state index is 10.8. The van der Waals surface area contributed by atoms with E-state index in [-0.39, 0.29) is 10.7 Å². The Balaban J connectivity index is 2.34. The van der Waals surface area contributed by atoms with Crippen LogP contribution in [0.25, 0.3) is 0 Å². The summed E-state index contributed by atoms with van der Waals surface area (Å²) in [6.45, 7) is 1.71. The first-order valence-electron chi connectivity index (χ1n) is 5.71. The van der Waals surface area contributed by atoms with Gasteiger partial charge in [-0.05, 0) is 37.6 Å². The Morgan fingerprint density at radius 2 is 2.11 bits per heavy atom. The van der Waals surface area contributed by atoms with Crippen molar-refractivity contribution in [3.05, 3.63) is 38.9 Å². The molecule has 0 N–H and O–H groups in total. The van der Waals surface area contributed by atoms with Gasteiger partial charge in [-0.2, -0.15) is 5.26 Å². The normalized spacial score (nSPS) is 17.3. The minimum absolute atomic E-state index is 0.0989. The number of nitriles is 1. The van der Waals surface area contributed by atoms with Crippen molar-refractivity contribution in [2.75, 3.05) is 13.1 Å². The van der Waals surface area contributed by atoms with Crippen LogP contribution in [0.5, 0.6) is 0 Å². The van der Waals surface area contributed by atoms with Crippen LogP contribution in [-0.2, 0) is 0 Å². The van der Waals surface area contributed by atoms with Crippen LogP contribution in [0.3, 0.4) is 0 Å². The lowest BCUT2D eigenvalue weighted by Crippen LogP contribution is -2.24. The highest BCUT2D eigenvalue weighted by Crippen LogP contribution is 2.31. The molecule has 2 rings (SSSR count). The van der Waals surface area contributed by atoms with E-state index in [9.17, 15) is 15.4 Å². The summed E-state index contributed by atoms with van der Waals surface area (Å²) in [5.74, 6) is 0. The Morgan fingerprint density at radius 3 is 2.67 bits per heavy atom. The van der Waals surface area contributed by atoms with Crippen molar-refractivity contribution >= 4 is 17.3 Å². The molecule has 1 aliphatic rings. The number of benzene rings is 1. The van der Waals surface area contributed by atoms with Gasteiger partial charge in [0.05, 0.1) is 11.0 Å². The topological polar surface area (TPSA) is 70.2 Å². The van der Waals surface area contributed by atoms with E-state index >= 15 is 0 Å². The minimum atomic E-state index is -0.524. The van der Waals surface area contributed by atoms with Crippen LogP contribution in [0, 0.1) is 21.4 Å². The van der Waals surface area contributed by atoms with Gasteiger partial charge in [0.15, 0.2) is 0 Å². The molecule has 1 fully saturated rings. The lowest BCUT2D eigenvalue weighted by Gasteiger charge is -2.21.